The minimum absolute atomic E-state index is 0.0788. The van der Waals surface area contributed by atoms with Crippen LogP contribution in [0.2, 0.25) is 5.02 Å². The van der Waals surface area contributed by atoms with Crippen LogP contribution in [-0.4, -0.2) is 31.6 Å². The summed E-state index contributed by atoms with van der Waals surface area (Å²) >= 11 is 6.00. The summed E-state index contributed by atoms with van der Waals surface area (Å²) < 4.78 is 10.3. The molecule has 156 valence electrons. The molecule has 2 rings (SSSR count). The number of amides is 1. The SMILES string of the molecule is CCC(CC)(CNC(=O)c1cc(OC)c(OC)cc1[N+](=O)[O-])c1ccc(Cl)cc1. The summed E-state index contributed by atoms with van der Waals surface area (Å²) in [5.41, 5.74) is 0.315. The van der Waals surface area contributed by atoms with Crippen molar-refractivity contribution in [1.29, 1.82) is 0 Å². The number of hydrogen-bond donors (Lipinski definition) is 1. The fourth-order valence-corrected chi connectivity index (χ4v) is 3.49. The molecule has 2 aromatic rings. The lowest BCUT2D eigenvalue weighted by Gasteiger charge is -2.32. The molecular weight excluding hydrogens is 396 g/mol. The van der Waals surface area contributed by atoms with Crippen LogP contribution in [0.4, 0.5) is 5.69 Å². The van der Waals surface area contributed by atoms with E-state index in [1.807, 2.05) is 38.1 Å². The molecule has 0 heterocycles. The van der Waals surface area contributed by atoms with Crippen LogP contribution in [-0.2, 0) is 5.41 Å². The number of nitro groups is 1. The van der Waals surface area contributed by atoms with Gasteiger partial charge in [0.1, 0.15) is 5.56 Å². The number of rotatable bonds is 9. The predicted molar refractivity (Wildman–Crippen MR) is 112 cm³/mol. The number of nitro benzene ring substituents is 1. The van der Waals surface area contributed by atoms with Crippen molar-refractivity contribution in [3.05, 3.63) is 62.7 Å². The predicted octanol–water partition coefficient (Wildman–Crippen LogP) is 4.75. The van der Waals surface area contributed by atoms with E-state index >= 15 is 0 Å². The zero-order valence-electron chi connectivity index (χ0n) is 17.0. The van der Waals surface area contributed by atoms with Gasteiger partial charge in [0.2, 0.25) is 0 Å². The zero-order chi connectivity index (χ0) is 21.6. The molecule has 0 aliphatic rings. The molecule has 2 aromatic carbocycles. The Morgan fingerprint density at radius 3 is 2.14 bits per heavy atom. The number of carbonyl (C=O) groups excluding carboxylic acids is 1. The van der Waals surface area contributed by atoms with Crippen LogP contribution in [0.5, 0.6) is 11.5 Å². The van der Waals surface area contributed by atoms with Crippen molar-refractivity contribution in [2.75, 3.05) is 20.8 Å². The highest BCUT2D eigenvalue weighted by molar-refractivity contribution is 6.30. The number of benzene rings is 2. The fraction of sp³-hybridized carbons (Fsp3) is 0.381. The maximum Gasteiger partial charge on any atom is 0.286 e. The molecule has 0 spiro atoms. The largest absolute Gasteiger partial charge is 0.493 e. The van der Waals surface area contributed by atoms with E-state index in [-0.39, 0.29) is 28.2 Å². The van der Waals surface area contributed by atoms with Gasteiger partial charge in [0, 0.05) is 23.0 Å². The van der Waals surface area contributed by atoms with E-state index in [4.69, 9.17) is 21.1 Å². The summed E-state index contributed by atoms with van der Waals surface area (Å²) in [6, 6.07) is 10.0. The molecule has 0 fully saturated rings. The Kier molecular flexibility index (Phi) is 7.45. The average Bonchev–Trinajstić information content (AvgIpc) is 2.74. The molecule has 0 saturated carbocycles. The lowest BCUT2D eigenvalue weighted by atomic mass is 9.75. The molecule has 0 aliphatic heterocycles. The summed E-state index contributed by atoms with van der Waals surface area (Å²) in [5, 5.41) is 15.0. The van der Waals surface area contributed by atoms with Crippen LogP contribution in [0.15, 0.2) is 36.4 Å². The highest BCUT2D eigenvalue weighted by atomic mass is 35.5. The van der Waals surface area contributed by atoms with E-state index in [1.54, 1.807) is 0 Å². The monoisotopic (exact) mass is 420 g/mol. The third kappa shape index (κ3) is 4.79. The summed E-state index contributed by atoms with van der Waals surface area (Å²) in [6.45, 7) is 4.41. The Labute approximate surface area is 175 Å². The van der Waals surface area contributed by atoms with Crippen LogP contribution in [0.1, 0.15) is 42.6 Å². The number of methoxy groups -OCH3 is 2. The van der Waals surface area contributed by atoms with Crippen molar-refractivity contribution in [3.63, 3.8) is 0 Å². The van der Waals surface area contributed by atoms with Gasteiger partial charge in [-0.3, -0.25) is 14.9 Å². The van der Waals surface area contributed by atoms with Crippen molar-refractivity contribution in [2.24, 2.45) is 0 Å². The Morgan fingerprint density at radius 2 is 1.66 bits per heavy atom. The van der Waals surface area contributed by atoms with Crippen molar-refractivity contribution in [1.82, 2.24) is 5.32 Å². The summed E-state index contributed by atoms with van der Waals surface area (Å²) in [5.74, 6) is -0.107. The smallest absolute Gasteiger partial charge is 0.286 e. The number of nitrogens with zero attached hydrogens (tertiary/aromatic N) is 1. The minimum Gasteiger partial charge on any atom is -0.493 e. The molecule has 0 radical (unpaired) electrons. The molecule has 7 nitrogen and oxygen atoms in total. The lowest BCUT2D eigenvalue weighted by Crippen LogP contribution is -2.40. The number of ether oxygens (including phenoxy) is 2. The number of nitrogens with one attached hydrogen (secondary N) is 1. The minimum atomic E-state index is -0.608. The van der Waals surface area contributed by atoms with Gasteiger partial charge in [0.15, 0.2) is 11.5 Å². The zero-order valence-corrected chi connectivity index (χ0v) is 17.7. The third-order valence-corrected chi connectivity index (χ3v) is 5.59. The number of carbonyl (C=O) groups is 1. The number of hydrogen-bond acceptors (Lipinski definition) is 5. The standard InChI is InChI=1S/C21H25ClN2O5/c1-5-21(6-2,14-7-9-15(22)10-8-14)13-23-20(25)16-11-18(28-3)19(29-4)12-17(16)24(26)27/h7-12H,5-6,13H2,1-4H3,(H,23,25). The van der Waals surface area contributed by atoms with Gasteiger partial charge in [-0.05, 0) is 30.5 Å². The second-order valence-corrected chi connectivity index (χ2v) is 7.09. The van der Waals surface area contributed by atoms with Crippen LogP contribution in [0, 0.1) is 10.1 Å². The molecule has 1 amide bonds. The molecule has 0 aliphatic carbocycles. The summed E-state index contributed by atoms with van der Waals surface area (Å²) in [7, 11) is 2.79. The fourth-order valence-electron chi connectivity index (χ4n) is 3.36. The second kappa shape index (κ2) is 9.60. The van der Waals surface area contributed by atoms with Crippen LogP contribution in [0.25, 0.3) is 0 Å². The van der Waals surface area contributed by atoms with E-state index in [1.165, 1.54) is 26.4 Å². The van der Waals surface area contributed by atoms with E-state index in [0.717, 1.165) is 18.4 Å². The normalized spacial score (nSPS) is 11.1. The molecule has 0 aromatic heterocycles. The van der Waals surface area contributed by atoms with Crippen LogP contribution >= 0.6 is 11.6 Å². The molecule has 0 saturated heterocycles. The first kappa shape index (κ1) is 22.5. The second-order valence-electron chi connectivity index (χ2n) is 6.66. The Hall–Kier alpha value is -2.80. The first-order valence-electron chi connectivity index (χ1n) is 9.26. The molecular formula is C21H25ClN2O5. The maximum atomic E-state index is 12.9. The molecule has 29 heavy (non-hydrogen) atoms. The van der Waals surface area contributed by atoms with E-state index in [0.29, 0.717) is 11.6 Å². The lowest BCUT2D eigenvalue weighted by molar-refractivity contribution is -0.385. The highest BCUT2D eigenvalue weighted by Gasteiger charge is 2.31. The molecule has 0 atom stereocenters. The van der Waals surface area contributed by atoms with Gasteiger partial charge in [-0.1, -0.05) is 37.6 Å². The van der Waals surface area contributed by atoms with Gasteiger partial charge in [-0.15, -0.1) is 0 Å². The topological polar surface area (TPSA) is 90.7 Å². The van der Waals surface area contributed by atoms with Gasteiger partial charge in [-0.25, -0.2) is 0 Å². The Balaban J connectivity index is 2.35. The maximum absolute atomic E-state index is 12.9. The average molecular weight is 421 g/mol. The van der Waals surface area contributed by atoms with Crippen LogP contribution in [0.3, 0.4) is 0 Å². The van der Waals surface area contributed by atoms with E-state index in [9.17, 15) is 14.9 Å². The van der Waals surface area contributed by atoms with Crippen molar-refractivity contribution in [2.45, 2.75) is 32.1 Å². The highest BCUT2D eigenvalue weighted by Crippen LogP contribution is 2.35. The molecule has 8 heteroatoms. The molecule has 0 unspecified atom stereocenters. The van der Waals surface area contributed by atoms with E-state index in [2.05, 4.69) is 5.32 Å². The summed E-state index contributed by atoms with van der Waals surface area (Å²) in [4.78, 5) is 23.7. The van der Waals surface area contributed by atoms with Crippen molar-refractivity contribution >= 4 is 23.2 Å². The van der Waals surface area contributed by atoms with Gasteiger partial charge in [0.05, 0.1) is 25.2 Å². The Morgan fingerprint density at radius 1 is 1.10 bits per heavy atom. The van der Waals surface area contributed by atoms with Crippen molar-refractivity contribution < 1.29 is 19.2 Å². The Bertz CT molecular complexity index is 879. The van der Waals surface area contributed by atoms with E-state index < -0.39 is 10.8 Å². The first-order chi connectivity index (χ1) is 13.8. The van der Waals surface area contributed by atoms with Crippen LogP contribution < -0.4 is 14.8 Å². The van der Waals surface area contributed by atoms with Gasteiger partial charge in [-0.2, -0.15) is 0 Å². The van der Waals surface area contributed by atoms with Gasteiger partial charge in [0.25, 0.3) is 11.6 Å². The molecule has 0 bridgehead atoms. The summed E-state index contributed by atoms with van der Waals surface area (Å²) in [6.07, 6.45) is 1.55. The first-order valence-corrected chi connectivity index (χ1v) is 9.64. The number of halogens is 1. The molecule has 1 N–H and O–H groups in total. The van der Waals surface area contributed by atoms with Gasteiger partial charge >= 0.3 is 0 Å². The van der Waals surface area contributed by atoms with Crippen molar-refractivity contribution in [3.8, 4) is 11.5 Å². The van der Waals surface area contributed by atoms with Gasteiger partial charge < -0.3 is 14.8 Å². The quantitative estimate of drug-likeness (QED) is 0.466. The third-order valence-electron chi connectivity index (χ3n) is 5.34.